The molecule has 1 saturated heterocycles. The minimum Gasteiger partial charge on any atom is -0.483 e. The number of carboxylic acid groups (broad SMARTS) is 1. The summed E-state index contributed by atoms with van der Waals surface area (Å²) in [7, 11) is 1.20. The molecule has 0 aromatic heterocycles. The lowest BCUT2D eigenvalue weighted by molar-refractivity contribution is -0.00302. The molecule has 1 N–H and O–H groups in total. The number of piperazine rings is 1. The normalized spacial score (nSPS) is 16.9. The number of hydrogen-bond donors (Lipinski definition) is 1. The molecule has 1 aliphatic rings. The largest absolute Gasteiger partial charge is 0.483 e. The number of aryl methyl sites for hydroxylation is 2. The average molecular weight is 545 g/mol. The number of nitrogens with zero attached hydrogens (tertiary/aromatic N) is 2. The monoisotopic (exact) mass is 544 g/mol. The molecule has 1 fully saturated rings. The Bertz CT molecular complexity index is 1240. The van der Waals surface area contributed by atoms with Gasteiger partial charge in [-0.2, -0.15) is 0 Å². The van der Waals surface area contributed by atoms with Crippen LogP contribution in [0.3, 0.4) is 0 Å². The highest BCUT2D eigenvalue weighted by molar-refractivity contribution is 5.97. The van der Waals surface area contributed by atoms with Gasteiger partial charge in [0.15, 0.2) is 0 Å². The van der Waals surface area contributed by atoms with Crippen molar-refractivity contribution in [2.75, 3.05) is 33.3 Å². The molecule has 10 heteroatoms. The first kappa shape index (κ1) is 29.9. The van der Waals surface area contributed by atoms with E-state index in [9.17, 15) is 23.9 Å². The molecule has 1 aliphatic heterocycles. The van der Waals surface area contributed by atoms with E-state index in [1.165, 1.54) is 25.3 Å². The highest BCUT2D eigenvalue weighted by Crippen LogP contribution is 2.31. The molecule has 0 aliphatic carbocycles. The van der Waals surface area contributed by atoms with Crippen LogP contribution in [-0.4, -0.2) is 77.9 Å². The van der Waals surface area contributed by atoms with Gasteiger partial charge in [-0.25, -0.2) is 18.8 Å². The number of hydrogen-bond acceptors (Lipinski definition) is 7. The Morgan fingerprint density at radius 1 is 1.08 bits per heavy atom. The number of carboxylic acids is 1. The molecule has 2 aromatic rings. The van der Waals surface area contributed by atoms with Gasteiger partial charge in [-0.05, 0) is 76.4 Å². The van der Waals surface area contributed by atoms with Crippen molar-refractivity contribution < 1.29 is 38.1 Å². The molecule has 212 valence electrons. The predicted molar refractivity (Wildman–Crippen MR) is 143 cm³/mol. The minimum atomic E-state index is -1.18. The van der Waals surface area contributed by atoms with Crippen molar-refractivity contribution in [1.29, 1.82) is 0 Å². The Balaban J connectivity index is 1.91. The van der Waals surface area contributed by atoms with Crippen LogP contribution >= 0.6 is 0 Å². The van der Waals surface area contributed by atoms with Crippen LogP contribution in [0.5, 0.6) is 5.75 Å². The number of rotatable bonds is 7. The Hall–Kier alpha value is -3.66. The smallest absolute Gasteiger partial charge is 0.410 e. The first-order valence-corrected chi connectivity index (χ1v) is 12.8. The van der Waals surface area contributed by atoms with E-state index < -0.39 is 29.5 Å². The highest BCUT2D eigenvalue weighted by Gasteiger charge is 2.33. The fraction of sp³-hybridized carbons (Fsp3) is 0.483. The molecule has 0 saturated carbocycles. The second-order valence-electron chi connectivity index (χ2n) is 10.9. The fourth-order valence-electron chi connectivity index (χ4n) is 4.48. The number of benzene rings is 2. The maximum Gasteiger partial charge on any atom is 0.410 e. The van der Waals surface area contributed by atoms with Crippen LogP contribution in [0, 0.1) is 19.7 Å². The molecule has 0 bridgehead atoms. The van der Waals surface area contributed by atoms with E-state index >= 15 is 0 Å². The van der Waals surface area contributed by atoms with Gasteiger partial charge in [-0.15, -0.1) is 0 Å². The van der Waals surface area contributed by atoms with Crippen LogP contribution in [0.2, 0.25) is 0 Å². The summed E-state index contributed by atoms with van der Waals surface area (Å²) >= 11 is 0. The third-order valence-electron chi connectivity index (χ3n) is 6.56. The van der Waals surface area contributed by atoms with Crippen LogP contribution in [0.1, 0.15) is 71.2 Å². The Morgan fingerprint density at radius 2 is 1.77 bits per heavy atom. The van der Waals surface area contributed by atoms with Crippen LogP contribution in [0.15, 0.2) is 30.3 Å². The van der Waals surface area contributed by atoms with E-state index in [1.807, 2.05) is 27.7 Å². The van der Waals surface area contributed by atoms with Gasteiger partial charge < -0.3 is 24.2 Å². The molecule has 1 amide bonds. The molecule has 3 rings (SSSR count). The lowest BCUT2D eigenvalue weighted by Crippen LogP contribution is -2.55. The summed E-state index contributed by atoms with van der Waals surface area (Å²) in [6.07, 6.45) is -1.08. The maximum absolute atomic E-state index is 14.6. The second-order valence-corrected chi connectivity index (χ2v) is 10.9. The summed E-state index contributed by atoms with van der Waals surface area (Å²) in [6.45, 7) is 12.5. The highest BCUT2D eigenvalue weighted by atomic mass is 19.1. The SMILES string of the molecule is COC(=O)c1cc(C(=O)O)c(C)cc1O[C@H](CN1CCN(C(=O)OC(C)(C)C)[C@H](C)C1)c1ccc(C)c(F)c1. The zero-order valence-electron chi connectivity index (χ0n) is 23.5. The van der Waals surface area contributed by atoms with Crippen LogP contribution < -0.4 is 4.74 Å². The van der Waals surface area contributed by atoms with E-state index in [4.69, 9.17) is 14.2 Å². The quantitative estimate of drug-likeness (QED) is 0.486. The van der Waals surface area contributed by atoms with Gasteiger partial charge >= 0.3 is 18.0 Å². The van der Waals surface area contributed by atoms with E-state index in [2.05, 4.69) is 4.90 Å². The number of carbonyl (C=O) groups is 3. The van der Waals surface area contributed by atoms with E-state index in [1.54, 1.807) is 30.9 Å². The van der Waals surface area contributed by atoms with Crippen molar-refractivity contribution >= 4 is 18.0 Å². The molecule has 0 spiro atoms. The Morgan fingerprint density at radius 3 is 2.33 bits per heavy atom. The number of esters is 1. The molecular weight excluding hydrogens is 507 g/mol. The van der Waals surface area contributed by atoms with Gasteiger partial charge in [0.1, 0.15) is 28.8 Å². The first-order valence-electron chi connectivity index (χ1n) is 12.8. The van der Waals surface area contributed by atoms with Gasteiger partial charge in [0.25, 0.3) is 0 Å². The molecule has 2 atom stereocenters. The number of halogens is 1. The summed E-state index contributed by atoms with van der Waals surface area (Å²) in [4.78, 5) is 40.7. The molecule has 0 radical (unpaired) electrons. The lowest BCUT2D eigenvalue weighted by Gasteiger charge is -2.41. The number of amides is 1. The zero-order valence-corrected chi connectivity index (χ0v) is 23.5. The zero-order chi connectivity index (χ0) is 29.1. The molecule has 39 heavy (non-hydrogen) atoms. The lowest BCUT2D eigenvalue weighted by atomic mass is 10.0. The van der Waals surface area contributed by atoms with Gasteiger partial charge in [0.05, 0.1) is 12.7 Å². The molecule has 2 aromatic carbocycles. The van der Waals surface area contributed by atoms with E-state index in [0.29, 0.717) is 42.9 Å². The maximum atomic E-state index is 14.6. The molecule has 0 unspecified atom stereocenters. The fourth-order valence-corrected chi connectivity index (χ4v) is 4.48. The van der Waals surface area contributed by atoms with E-state index in [0.717, 1.165) is 0 Å². The topological polar surface area (TPSA) is 106 Å². The summed E-state index contributed by atoms with van der Waals surface area (Å²) in [5, 5.41) is 9.54. The third-order valence-corrected chi connectivity index (χ3v) is 6.56. The van der Waals surface area contributed by atoms with Crippen molar-refractivity contribution in [2.45, 2.75) is 59.3 Å². The van der Waals surface area contributed by atoms with Crippen molar-refractivity contribution in [3.05, 3.63) is 64.0 Å². The predicted octanol–water partition coefficient (Wildman–Crippen LogP) is 4.99. The van der Waals surface area contributed by atoms with Crippen molar-refractivity contribution in [1.82, 2.24) is 9.80 Å². The standard InChI is InChI=1S/C29H37FN2O7/c1-17-8-9-20(13-23(17)30)25(16-31-10-11-32(19(3)15-31)28(36)39-29(4,5)6)38-24-12-18(2)21(26(33)34)14-22(24)27(35)37-7/h8-9,12-14,19,25H,10-11,15-16H2,1-7H3,(H,33,34)/t19-,25-/m1/s1. The van der Waals surface area contributed by atoms with Gasteiger partial charge in [-0.1, -0.05) is 12.1 Å². The third kappa shape index (κ3) is 7.47. The molecule has 9 nitrogen and oxygen atoms in total. The van der Waals surface area contributed by atoms with Crippen LogP contribution in [0.25, 0.3) is 0 Å². The van der Waals surface area contributed by atoms with Crippen LogP contribution in [-0.2, 0) is 9.47 Å². The Labute approximate surface area is 228 Å². The summed E-state index contributed by atoms with van der Waals surface area (Å²) in [5.41, 5.74) is 0.742. The number of ether oxygens (including phenoxy) is 3. The second kappa shape index (κ2) is 12.0. The van der Waals surface area contributed by atoms with E-state index in [-0.39, 0.29) is 29.0 Å². The number of aromatic carboxylic acids is 1. The van der Waals surface area contributed by atoms with Crippen molar-refractivity contribution in [2.24, 2.45) is 0 Å². The number of carbonyl (C=O) groups excluding carboxylic acids is 2. The van der Waals surface area contributed by atoms with Crippen molar-refractivity contribution in [3.8, 4) is 5.75 Å². The van der Waals surface area contributed by atoms with Gasteiger partial charge in [-0.3, -0.25) is 4.90 Å². The Kier molecular flexibility index (Phi) is 9.22. The minimum absolute atomic E-state index is 0.0406. The average Bonchev–Trinajstić information content (AvgIpc) is 2.83. The summed E-state index contributed by atoms with van der Waals surface area (Å²) < 4.78 is 31.3. The number of methoxy groups -OCH3 is 1. The molecular formula is C29H37FN2O7. The summed E-state index contributed by atoms with van der Waals surface area (Å²) in [5.74, 6) is -2.19. The van der Waals surface area contributed by atoms with Gasteiger partial charge in [0, 0.05) is 32.2 Å². The first-order chi connectivity index (χ1) is 18.2. The van der Waals surface area contributed by atoms with Crippen molar-refractivity contribution in [3.63, 3.8) is 0 Å². The summed E-state index contributed by atoms with van der Waals surface area (Å²) in [6, 6.07) is 7.39. The van der Waals surface area contributed by atoms with Gasteiger partial charge in [0.2, 0.25) is 0 Å². The molecule has 1 heterocycles. The van der Waals surface area contributed by atoms with Crippen LogP contribution in [0.4, 0.5) is 9.18 Å².